The van der Waals surface area contributed by atoms with Gasteiger partial charge in [0, 0.05) is 12.3 Å². The van der Waals surface area contributed by atoms with Crippen molar-refractivity contribution >= 4 is 5.78 Å². The van der Waals surface area contributed by atoms with Crippen molar-refractivity contribution < 1.29 is 4.79 Å². The van der Waals surface area contributed by atoms with Crippen LogP contribution in [0.5, 0.6) is 0 Å². The summed E-state index contributed by atoms with van der Waals surface area (Å²) >= 11 is 0. The van der Waals surface area contributed by atoms with Gasteiger partial charge in [-0.2, -0.15) is 0 Å². The Balaban J connectivity index is 3.68. The molecule has 1 unspecified atom stereocenters. The summed E-state index contributed by atoms with van der Waals surface area (Å²) < 4.78 is 0. The molecule has 0 aromatic carbocycles. The first-order chi connectivity index (χ1) is 9.82. The molecule has 0 amide bonds. The van der Waals surface area contributed by atoms with Gasteiger partial charge in [-0.1, -0.05) is 72.0 Å². The number of carbonyl (C=O) groups is 1. The number of ketones is 1. The molecule has 0 aromatic rings. The Hall–Kier alpha value is -0.590. The Kier molecular flexibility index (Phi) is 11.7. The van der Waals surface area contributed by atoms with E-state index in [2.05, 4.69) is 33.8 Å². The Morgan fingerprint density at radius 3 is 2.10 bits per heavy atom. The average Bonchev–Trinajstić information content (AvgIpc) is 2.37. The molecular weight excluding hydrogens is 256 g/mol. The van der Waals surface area contributed by atoms with Crippen LogP contribution in [0.25, 0.3) is 0 Å². The zero-order valence-corrected chi connectivity index (χ0v) is 15.4. The van der Waals surface area contributed by atoms with Crippen molar-refractivity contribution in [1.82, 2.24) is 0 Å². The monoisotopic (exact) mass is 294 g/mol. The normalized spacial score (nSPS) is 14.0. The summed E-state index contributed by atoms with van der Waals surface area (Å²) in [6.07, 6.45) is 11.9. The molecule has 0 radical (unpaired) electrons. The second-order valence-electron chi connectivity index (χ2n) is 7.53. The topological polar surface area (TPSA) is 17.1 Å². The third-order valence-electron chi connectivity index (χ3n) is 4.27. The summed E-state index contributed by atoms with van der Waals surface area (Å²) in [7, 11) is 0. The predicted octanol–water partition coefficient (Wildman–Crippen LogP) is 6.57. The first-order valence-electron chi connectivity index (χ1n) is 9.01. The summed E-state index contributed by atoms with van der Waals surface area (Å²) in [5.74, 6) is 2.28. The summed E-state index contributed by atoms with van der Waals surface area (Å²) in [5, 5.41) is 0. The van der Waals surface area contributed by atoms with Crippen LogP contribution in [0.3, 0.4) is 0 Å². The highest BCUT2D eigenvalue weighted by molar-refractivity contribution is 5.80. The number of rotatable bonds is 12. The number of carbonyl (C=O) groups excluding carboxylic acids is 1. The third kappa shape index (κ3) is 12.8. The number of allylic oxidation sites excluding steroid dienone is 2. The zero-order chi connectivity index (χ0) is 16.3. The van der Waals surface area contributed by atoms with E-state index in [1.165, 1.54) is 44.1 Å². The molecule has 124 valence electrons. The lowest BCUT2D eigenvalue weighted by molar-refractivity contribution is -0.121. The van der Waals surface area contributed by atoms with Gasteiger partial charge in [-0.3, -0.25) is 4.79 Å². The molecule has 1 atom stereocenters. The molecule has 0 heterocycles. The minimum Gasteiger partial charge on any atom is -0.299 e. The van der Waals surface area contributed by atoms with E-state index in [9.17, 15) is 4.79 Å². The molecule has 21 heavy (non-hydrogen) atoms. The standard InChI is InChI=1S/C20H38O/c1-16(2)10-7-11-18(5)12-8-13-19(6)14-9-15-20(21)17(3)4/h14,16-18H,7-13,15H2,1-6H3/b19-14+. The highest BCUT2D eigenvalue weighted by atomic mass is 16.1. The lowest BCUT2D eigenvalue weighted by atomic mass is 9.94. The van der Waals surface area contributed by atoms with Gasteiger partial charge in [0.05, 0.1) is 0 Å². The first kappa shape index (κ1) is 20.4. The summed E-state index contributed by atoms with van der Waals surface area (Å²) in [6.45, 7) is 13.2. The maximum absolute atomic E-state index is 11.5. The van der Waals surface area contributed by atoms with Crippen molar-refractivity contribution in [3.63, 3.8) is 0 Å². The van der Waals surface area contributed by atoms with Crippen LogP contribution in [0.4, 0.5) is 0 Å². The van der Waals surface area contributed by atoms with Crippen LogP contribution < -0.4 is 0 Å². The van der Waals surface area contributed by atoms with E-state index < -0.39 is 0 Å². The molecule has 0 aliphatic rings. The Morgan fingerprint density at radius 1 is 0.905 bits per heavy atom. The summed E-state index contributed by atoms with van der Waals surface area (Å²) in [4.78, 5) is 11.5. The molecule has 0 aliphatic heterocycles. The van der Waals surface area contributed by atoms with Crippen molar-refractivity contribution in [2.45, 2.75) is 92.9 Å². The second kappa shape index (κ2) is 12.0. The summed E-state index contributed by atoms with van der Waals surface area (Å²) in [5.41, 5.74) is 1.46. The average molecular weight is 295 g/mol. The van der Waals surface area contributed by atoms with E-state index in [4.69, 9.17) is 0 Å². The largest absolute Gasteiger partial charge is 0.299 e. The van der Waals surface area contributed by atoms with Gasteiger partial charge in [-0.25, -0.2) is 0 Å². The summed E-state index contributed by atoms with van der Waals surface area (Å²) in [6, 6.07) is 0. The fourth-order valence-electron chi connectivity index (χ4n) is 2.60. The number of hydrogen-bond donors (Lipinski definition) is 0. The Morgan fingerprint density at radius 2 is 1.52 bits per heavy atom. The van der Waals surface area contributed by atoms with Crippen molar-refractivity contribution in [2.24, 2.45) is 17.8 Å². The van der Waals surface area contributed by atoms with Gasteiger partial charge < -0.3 is 0 Å². The minimum atomic E-state index is 0.186. The molecular formula is C20H38O. The molecule has 0 aliphatic carbocycles. The van der Waals surface area contributed by atoms with Crippen LogP contribution >= 0.6 is 0 Å². The number of hydrogen-bond acceptors (Lipinski definition) is 1. The van der Waals surface area contributed by atoms with Crippen LogP contribution in [0.1, 0.15) is 92.9 Å². The first-order valence-corrected chi connectivity index (χ1v) is 9.01. The third-order valence-corrected chi connectivity index (χ3v) is 4.27. The molecule has 0 N–H and O–H groups in total. The van der Waals surface area contributed by atoms with E-state index >= 15 is 0 Å². The number of Topliss-reactive ketones (excluding diaryl/α,β-unsaturated/α-hetero) is 1. The maximum atomic E-state index is 11.5. The van der Waals surface area contributed by atoms with E-state index in [0.29, 0.717) is 12.2 Å². The molecule has 0 rings (SSSR count). The van der Waals surface area contributed by atoms with Crippen molar-refractivity contribution in [2.75, 3.05) is 0 Å². The van der Waals surface area contributed by atoms with Gasteiger partial charge in [-0.15, -0.1) is 0 Å². The molecule has 1 heteroatoms. The highest BCUT2D eigenvalue weighted by Gasteiger charge is 2.06. The Bertz CT molecular complexity index is 299. The predicted molar refractivity (Wildman–Crippen MR) is 94.5 cm³/mol. The fraction of sp³-hybridized carbons (Fsp3) is 0.850. The minimum absolute atomic E-state index is 0.186. The van der Waals surface area contributed by atoms with Gasteiger partial charge in [0.2, 0.25) is 0 Å². The van der Waals surface area contributed by atoms with Crippen LogP contribution in [0.15, 0.2) is 11.6 Å². The van der Waals surface area contributed by atoms with E-state index in [-0.39, 0.29) is 5.92 Å². The highest BCUT2D eigenvalue weighted by Crippen LogP contribution is 2.19. The van der Waals surface area contributed by atoms with E-state index in [0.717, 1.165) is 18.3 Å². The second-order valence-corrected chi connectivity index (χ2v) is 7.53. The van der Waals surface area contributed by atoms with Gasteiger partial charge >= 0.3 is 0 Å². The molecule has 0 saturated carbocycles. The SMILES string of the molecule is C/C(=C\CCC(=O)C(C)C)CCCC(C)CCCC(C)C. The molecule has 0 saturated heterocycles. The van der Waals surface area contributed by atoms with E-state index in [1.807, 2.05) is 13.8 Å². The molecule has 0 bridgehead atoms. The fourth-order valence-corrected chi connectivity index (χ4v) is 2.60. The van der Waals surface area contributed by atoms with Crippen LogP contribution in [-0.2, 0) is 4.79 Å². The maximum Gasteiger partial charge on any atom is 0.135 e. The van der Waals surface area contributed by atoms with Gasteiger partial charge in [0.15, 0.2) is 0 Å². The van der Waals surface area contributed by atoms with Crippen molar-refractivity contribution in [1.29, 1.82) is 0 Å². The molecule has 1 nitrogen and oxygen atoms in total. The molecule has 0 spiro atoms. The van der Waals surface area contributed by atoms with Crippen LogP contribution in [0.2, 0.25) is 0 Å². The Labute approximate surface area is 133 Å². The van der Waals surface area contributed by atoms with E-state index in [1.54, 1.807) is 0 Å². The van der Waals surface area contributed by atoms with Crippen LogP contribution in [-0.4, -0.2) is 5.78 Å². The van der Waals surface area contributed by atoms with Gasteiger partial charge in [0.1, 0.15) is 5.78 Å². The molecule has 0 fully saturated rings. The lowest BCUT2D eigenvalue weighted by Crippen LogP contribution is -2.05. The smallest absolute Gasteiger partial charge is 0.135 e. The quantitative estimate of drug-likeness (QED) is 0.372. The van der Waals surface area contributed by atoms with Gasteiger partial charge in [-0.05, 0) is 38.0 Å². The molecule has 0 aromatic heterocycles. The van der Waals surface area contributed by atoms with Crippen molar-refractivity contribution in [3.05, 3.63) is 11.6 Å². The van der Waals surface area contributed by atoms with Crippen molar-refractivity contribution in [3.8, 4) is 0 Å². The van der Waals surface area contributed by atoms with Crippen LogP contribution in [0, 0.1) is 17.8 Å². The lowest BCUT2D eigenvalue weighted by Gasteiger charge is -2.12. The zero-order valence-electron chi connectivity index (χ0n) is 15.4. The van der Waals surface area contributed by atoms with Gasteiger partial charge in [0.25, 0.3) is 0 Å².